The van der Waals surface area contributed by atoms with Crippen molar-refractivity contribution in [2.75, 3.05) is 13.3 Å². The van der Waals surface area contributed by atoms with Crippen LogP contribution in [0.2, 0.25) is 0 Å². The van der Waals surface area contributed by atoms with Crippen LogP contribution < -0.4 is 15.4 Å². The van der Waals surface area contributed by atoms with E-state index in [1.807, 2.05) is 6.07 Å². The Morgan fingerprint density at radius 1 is 1.29 bits per heavy atom. The van der Waals surface area contributed by atoms with E-state index < -0.39 is 20.7 Å². The Kier molecular flexibility index (Phi) is 7.74. The van der Waals surface area contributed by atoms with Crippen LogP contribution >= 0.6 is 7.82 Å². The van der Waals surface area contributed by atoms with Crippen LogP contribution in [-0.2, 0) is 21.9 Å². The largest absolute Gasteiger partial charge is 0.756 e. The van der Waals surface area contributed by atoms with Gasteiger partial charge >= 0.3 is 0 Å². The number of phosphoric ester groups is 1. The first-order valence-electron chi connectivity index (χ1n) is 10.6. The SMILES string of the molecule is NC1C(c2cc(Cc3ccc(OCCc4ccccc4F)nc3)no2)=CC=CN1COP(=O)([O-])O. The number of nitrogens with zero attached hydrogens (tertiary/aromatic N) is 3. The predicted octanol–water partition coefficient (Wildman–Crippen LogP) is 2.35. The molecule has 4 rings (SSSR count). The van der Waals surface area contributed by atoms with Crippen LogP contribution in [0.5, 0.6) is 5.88 Å². The Bertz CT molecular complexity index is 1260. The monoisotopic (exact) mass is 501 g/mol. The summed E-state index contributed by atoms with van der Waals surface area (Å²) in [6, 6.07) is 11.9. The van der Waals surface area contributed by atoms with Crippen LogP contribution in [-0.4, -0.2) is 39.4 Å². The van der Waals surface area contributed by atoms with Gasteiger partial charge in [-0.1, -0.05) is 35.5 Å². The van der Waals surface area contributed by atoms with Crippen molar-refractivity contribution in [3.8, 4) is 5.88 Å². The van der Waals surface area contributed by atoms with Crippen LogP contribution in [0, 0.1) is 5.82 Å². The highest BCUT2D eigenvalue weighted by molar-refractivity contribution is 7.44. The van der Waals surface area contributed by atoms with Crippen LogP contribution in [0.3, 0.4) is 0 Å². The number of nitrogens with two attached hydrogens (primary N) is 1. The number of allylic oxidation sites excluding steroid dienone is 2. The Labute approximate surface area is 200 Å². The molecule has 0 saturated carbocycles. The molecule has 0 aliphatic carbocycles. The molecule has 0 spiro atoms. The summed E-state index contributed by atoms with van der Waals surface area (Å²) in [5, 5.41) is 4.07. The summed E-state index contributed by atoms with van der Waals surface area (Å²) in [5.41, 5.74) is 8.83. The molecule has 1 aliphatic rings. The molecule has 3 aromatic rings. The highest BCUT2D eigenvalue weighted by Crippen LogP contribution is 2.32. The lowest BCUT2D eigenvalue weighted by Crippen LogP contribution is -2.41. The fourth-order valence-corrected chi connectivity index (χ4v) is 3.71. The first kappa shape index (κ1) is 24.8. The van der Waals surface area contributed by atoms with Crippen LogP contribution in [0.15, 0.2) is 71.5 Å². The topological polar surface area (TPSA) is 147 Å². The zero-order chi connectivity index (χ0) is 24.8. The minimum atomic E-state index is -4.88. The molecule has 184 valence electrons. The summed E-state index contributed by atoms with van der Waals surface area (Å²) in [6.07, 6.45) is 6.67. The molecule has 2 atom stereocenters. The third kappa shape index (κ3) is 6.84. The minimum Gasteiger partial charge on any atom is -0.756 e. The van der Waals surface area contributed by atoms with E-state index in [0.717, 1.165) is 5.56 Å². The second-order valence-electron chi connectivity index (χ2n) is 7.70. The molecule has 0 bridgehead atoms. The number of ether oxygens (including phenoxy) is 1. The Balaban J connectivity index is 1.31. The van der Waals surface area contributed by atoms with Gasteiger partial charge in [0, 0.05) is 42.9 Å². The number of rotatable bonds is 10. The van der Waals surface area contributed by atoms with Gasteiger partial charge in [0.15, 0.2) is 5.76 Å². The van der Waals surface area contributed by atoms with Crippen molar-refractivity contribution >= 4 is 13.4 Å². The summed E-state index contributed by atoms with van der Waals surface area (Å²) in [7, 11) is -4.88. The van der Waals surface area contributed by atoms with Gasteiger partial charge in [-0.25, -0.2) is 9.37 Å². The number of hydrogen-bond acceptors (Lipinski definition) is 9. The average molecular weight is 501 g/mol. The molecule has 35 heavy (non-hydrogen) atoms. The number of pyridine rings is 1. The molecule has 2 unspecified atom stereocenters. The summed E-state index contributed by atoms with van der Waals surface area (Å²) in [4.78, 5) is 25.3. The van der Waals surface area contributed by atoms with E-state index in [1.54, 1.807) is 48.7 Å². The molecular formula is C23H23FN4O6P-. The molecule has 10 nitrogen and oxygen atoms in total. The standard InChI is InChI=1S/C23H24FN4O6P/c24-20-6-2-1-4-17(20)9-11-32-22-8-7-16(14-26-22)12-18-13-21(34-27-18)19-5-3-10-28(23(19)25)15-33-35(29,30)31/h1-8,10,13-14,23H,9,11-12,15,25H2,(H2,29,30,31)/p-1. The first-order valence-corrected chi connectivity index (χ1v) is 12.1. The van der Waals surface area contributed by atoms with Gasteiger partial charge in [-0.05, 0) is 23.3 Å². The van der Waals surface area contributed by atoms with Crippen LogP contribution in [0.1, 0.15) is 22.6 Å². The number of benzene rings is 1. The smallest absolute Gasteiger partial charge is 0.266 e. The van der Waals surface area contributed by atoms with Crippen molar-refractivity contribution in [2.24, 2.45) is 5.73 Å². The molecule has 3 N–H and O–H groups in total. The molecule has 0 radical (unpaired) electrons. The van der Waals surface area contributed by atoms with E-state index in [9.17, 15) is 13.8 Å². The maximum absolute atomic E-state index is 13.7. The molecule has 0 amide bonds. The average Bonchev–Trinajstić information content (AvgIpc) is 3.28. The Morgan fingerprint density at radius 3 is 2.86 bits per heavy atom. The van der Waals surface area contributed by atoms with E-state index in [4.69, 9.17) is 19.9 Å². The summed E-state index contributed by atoms with van der Waals surface area (Å²) < 4.78 is 40.0. The maximum atomic E-state index is 13.7. The Morgan fingerprint density at radius 2 is 2.11 bits per heavy atom. The van der Waals surface area contributed by atoms with E-state index in [0.29, 0.717) is 47.9 Å². The molecule has 2 aromatic heterocycles. The molecule has 3 heterocycles. The first-order chi connectivity index (χ1) is 16.8. The lowest BCUT2D eigenvalue weighted by atomic mass is 10.1. The van der Waals surface area contributed by atoms with Crippen molar-refractivity contribution in [1.82, 2.24) is 15.0 Å². The molecule has 1 aliphatic heterocycles. The fraction of sp³-hybridized carbons (Fsp3) is 0.217. The van der Waals surface area contributed by atoms with Gasteiger partial charge < -0.3 is 29.7 Å². The highest BCUT2D eigenvalue weighted by Gasteiger charge is 2.24. The van der Waals surface area contributed by atoms with E-state index in [1.165, 1.54) is 17.2 Å². The third-order valence-electron chi connectivity index (χ3n) is 5.20. The van der Waals surface area contributed by atoms with E-state index >= 15 is 0 Å². The second kappa shape index (κ2) is 10.9. The van der Waals surface area contributed by atoms with Gasteiger partial charge in [0.2, 0.25) is 5.88 Å². The van der Waals surface area contributed by atoms with Gasteiger partial charge in [-0.3, -0.25) is 9.09 Å². The molecule has 0 fully saturated rings. The number of hydrogen-bond donors (Lipinski definition) is 2. The van der Waals surface area contributed by atoms with Crippen molar-refractivity contribution in [3.63, 3.8) is 0 Å². The fourth-order valence-electron chi connectivity index (χ4n) is 3.43. The molecule has 12 heteroatoms. The third-order valence-corrected chi connectivity index (χ3v) is 5.65. The van der Waals surface area contributed by atoms with Crippen LogP contribution in [0.4, 0.5) is 4.39 Å². The highest BCUT2D eigenvalue weighted by atomic mass is 31.2. The van der Waals surface area contributed by atoms with Crippen molar-refractivity contribution < 1.29 is 32.5 Å². The maximum Gasteiger partial charge on any atom is 0.266 e. The zero-order valence-corrected chi connectivity index (χ0v) is 19.4. The minimum absolute atomic E-state index is 0.258. The summed E-state index contributed by atoms with van der Waals surface area (Å²) >= 11 is 0. The summed E-state index contributed by atoms with van der Waals surface area (Å²) in [6.45, 7) is -0.149. The normalized spacial score (nSPS) is 17.2. The second-order valence-corrected chi connectivity index (χ2v) is 8.90. The molecule has 1 aromatic carbocycles. The predicted molar refractivity (Wildman–Crippen MR) is 122 cm³/mol. The van der Waals surface area contributed by atoms with Crippen molar-refractivity contribution in [1.29, 1.82) is 0 Å². The van der Waals surface area contributed by atoms with Gasteiger partial charge in [0.1, 0.15) is 18.7 Å². The summed E-state index contributed by atoms with van der Waals surface area (Å²) in [5.74, 6) is 0.591. The number of aromatic nitrogens is 2. The molecule has 0 saturated heterocycles. The molecular weight excluding hydrogens is 478 g/mol. The number of phosphoric acid groups is 1. The van der Waals surface area contributed by atoms with Gasteiger partial charge in [0.05, 0.1) is 12.3 Å². The van der Waals surface area contributed by atoms with Crippen LogP contribution in [0.25, 0.3) is 5.57 Å². The lowest BCUT2D eigenvalue weighted by Gasteiger charge is -2.31. The zero-order valence-electron chi connectivity index (χ0n) is 18.5. The van der Waals surface area contributed by atoms with E-state index in [2.05, 4.69) is 14.7 Å². The van der Waals surface area contributed by atoms with Gasteiger partial charge in [0.25, 0.3) is 7.82 Å². The van der Waals surface area contributed by atoms with Crippen molar-refractivity contribution in [2.45, 2.75) is 19.0 Å². The van der Waals surface area contributed by atoms with Crippen molar-refractivity contribution in [3.05, 3.63) is 95.4 Å². The quantitative estimate of drug-likeness (QED) is 0.397. The van der Waals surface area contributed by atoms with Gasteiger partial charge in [-0.2, -0.15) is 0 Å². The Hall–Kier alpha value is -3.34. The number of halogens is 1. The lowest BCUT2D eigenvalue weighted by molar-refractivity contribution is -0.222. The van der Waals surface area contributed by atoms with Gasteiger partial charge in [-0.15, -0.1) is 0 Å². The van der Waals surface area contributed by atoms with E-state index in [-0.39, 0.29) is 5.82 Å².